The summed E-state index contributed by atoms with van der Waals surface area (Å²) in [5.41, 5.74) is -0.558. The third-order valence-electron chi connectivity index (χ3n) is 9.60. The number of hydrogen-bond acceptors (Lipinski definition) is 11. The Morgan fingerprint density at radius 2 is 1.69 bits per heavy atom. The van der Waals surface area contributed by atoms with E-state index in [1.165, 1.54) is 11.3 Å². The summed E-state index contributed by atoms with van der Waals surface area (Å²) in [6.07, 6.45) is 5.14. The van der Waals surface area contributed by atoms with Gasteiger partial charge in [-0.05, 0) is 72.4 Å². The number of esters is 1. The Balaban J connectivity index is 2.43. The van der Waals surface area contributed by atoms with Crippen molar-refractivity contribution in [1.82, 2.24) is 30.7 Å². The van der Waals surface area contributed by atoms with Crippen LogP contribution in [0.15, 0.2) is 5.38 Å². The molecule has 14 nitrogen and oxygen atoms in total. The Morgan fingerprint density at radius 1 is 1.00 bits per heavy atom. The van der Waals surface area contributed by atoms with E-state index in [0.717, 1.165) is 51.5 Å². The molecule has 1 aliphatic rings. The van der Waals surface area contributed by atoms with Crippen LogP contribution in [0.2, 0.25) is 0 Å². The lowest BCUT2D eigenvalue weighted by molar-refractivity contribution is -0.142. The molecule has 3 N–H and O–H groups in total. The van der Waals surface area contributed by atoms with Gasteiger partial charge in [0.05, 0.1) is 12.6 Å². The third-order valence-corrected chi connectivity index (χ3v) is 10.5. The number of piperidine rings is 1. The molecule has 0 spiro atoms. The first-order chi connectivity index (χ1) is 25.5. The summed E-state index contributed by atoms with van der Waals surface area (Å²) in [4.78, 5) is 74.9. The van der Waals surface area contributed by atoms with Crippen LogP contribution in [0.25, 0.3) is 0 Å². The highest BCUT2D eigenvalue weighted by atomic mass is 32.1. The van der Waals surface area contributed by atoms with Crippen LogP contribution in [0.3, 0.4) is 0 Å². The van der Waals surface area contributed by atoms with Gasteiger partial charge < -0.3 is 35.1 Å². The lowest BCUT2D eigenvalue weighted by atomic mass is 9.91. The Bertz CT molecular complexity index is 1330. The maximum atomic E-state index is 14.8. The number of rotatable bonds is 21. The van der Waals surface area contributed by atoms with E-state index in [4.69, 9.17) is 14.2 Å². The molecule has 0 unspecified atom stereocenters. The van der Waals surface area contributed by atoms with E-state index in [1.807, 2.05) is 39.6 Å². The van der Waals surface area contributed by atoms with E-state index < -0.39 is 41.9 Å². The smallest absolute Gasteiger partial charge is 0.407 e. The van der Waals surface area contributed by atoms with Crippen LogP contribution in [0.1, 0.15) is 142 Å². The monoisotopic (exact) mass is 780 g/mol. The van der Waals surface area contributed by atoms with Crippen LogP contribution in [0.4, 0.5) is 9.59 Å². The molecule has 0 bridgehead atoms. The first kappa shape index (κ1) is 46.7. The van der Waals surface area contributed by atoms with Crippen molar-refractivity contribution in [2.24, 2.45) is 11.8 Å². The number of carbonyl (C=O) groups is 5. The fraction of sp³-hybridized carbons (Fsp3) is 0.795. The minimum Gasteiger partial charge on any atom is -0.461 e. The maximum absolute atomic E-state index is 14.8. The Morgan fingerprint density at radius 3 is 2.28 bits per heavy atom. The molecule has 1 aromatic rings. The molecular formula is C39H68N6O8S. The van der Waals surface area contributed by atoms with Gasteiger partial charge in [0.1, 0.15) is 16.7 Å². The number of likely N-dealkylation sites (tertiary alicyclic amines) is 1. The number of aromatic nitrogens is 1. The van der Waals surface area contributed by atoms with Crippen LogP contribution in [-0.2, 0) is 23.8 Å². The molecule has 0 aliphatic carbocycles. The molecule has 0 radical (unpaired) electrons. The highest BCUT2D eigenvalue weighted by Crippen LogP contribution is 2.32. The van der Waals surface area contributed by atoms with Crippen molar-refractivity contribution in [2.45, 2.75) is 150 Å². The molecule has 54 heavy (non-hydrogen) atoms. The summed E-state index contributed by atoms with van der Waals surface area (Å²) in [6.45, 7) is 18.8. The number of nitrogens with zero attached hydrogens (tertiary/aromatic N) is 3. The number of alkyl carbamates (subject to hydrolysis) is 2. The fourth-order valence-electron chi connectivity index (χ4n) is 6.39. The van der Waals surface area contributed by atoms with Crippen LogP contribution in [0, 0.1) is 11.8 Å². The third kappa shape index (κ3) is 15.7. The Hall–Kier alpha value is -3.46. The van der Waals surface area contributed by atoms with Crippen molar-refractivity contribution in [3.05, 3.63) is 16.1 Å². The van der Waals surface area contributed by atoms with Gasteiger partial charge in [-0.15, -0.1) is 11.3 Å². The average molecular weight is 781 g/mol. The van der Waals surface area contributed by atoms with Gasteiger partial charge in [-0.2, -0.15) is 0 Å². The quantitative estimate of drug-likeness (QED) is 0.0717. The number of amides is 4. The molecule has 5 atom stereocenters. The van der Waals surface area contributed by atoms with Gasteiger partial charge in [-0.3, -0.25) is 14.5 Å². The average Bonchev–Trinajstić information content (AvgIpc) is 3.61. The first-order valence-electron chi connectivity index (χ1n) is 19.9. The molecule has 4 amide bonds. The molecule has 15 heteroatoms. The molecule has 2 rings (SSSR count). The highest BCUT2D eigenvalue weighted by Gasteiger charge is 2.39. The molecule has 1 saturated heterocycles. The zero-order valence-corrected chi connectivity index (χ0v) is 35.3. The zero-order valence-electron chi connectivity index (χ0n) is 34.5. The number of hydrogen-bond donors (Lipinski definition) is 3. The van der Waals surface area contributed by atoms with Gasteiger partial charge in [0.25, 0.3) is 0 Å². The molecule has 1 aromatic heterocycles. The van der Waals surface area contributed by atoms with Crippen molar-refractivity contribution in [3.8, 4) is 0 Å². The first-order valence-corrected chi connectivity index (χ1v) is 20.8. The Labute approximate surface area is 327 Å². The molecule has 0 aromatic carbocycles. The van der Waals surface area contributed by atoms with Crippen LogP contribution < -0.4 is 16.0 Å². The second-order valence-corrected chi connectivity index (χ2v) is 16.4. The molecule has 1 fully saturated rings. The predicted octanol–water partition coefficient (Wildman–Crippen LogP) is 6.45. The topological polar surface area (TPSA) is 168 Å². The van der Waals surface area contributed by atoms with E-state index in [0.29, 0.717) is 18.0 Å². The molecule has 0 saturated carbocycles. The zero-order chi connectivity index (χ0) is 40.4. The number of ether oxygens (including phenoxy) is 3. The van der Waals surface area contributed by atoms with Gasteiger partial charge in [-0.25, -0.2) is 19.4 Å². The van der Waals surface area contributed by atoms with E-state index in [9.17, 15) is 24.0 Å². The summed E-state index contributed by atoms with van der Waals surface area (Å²) < 4.78 is 16.4. The standard InChI is InChI=1S/C39H68N6O8S/c1-11-14-15-17-23-45(35(47)32(27(6)12-2)43-33(46)29-19-16-18-22-44(29)10)30(26(4)5)24-31(34-42-28(25-54-34)36(48)51-13-3)52-37(49)40-20-21-41-38(50)53-39(7,8)9/h25-27,29-32H,11-24H2,1-10H3,(H,40,49)(H,41,50)(H,43,46)/t27-,29+,30+,31+,32-/m0/s1. The molecular weight excluding hydrogens is 713 g/mol. The van der Waals surface area contributed by atoms with Gasteiger partial charge >= 0.3 is 18.2 Å². The van der Waals surface area contributed by atoms with E-state index in [2.05, 4.69) is 32.8 Å². The lowest BCUT2D eigenvalue weighted by Gasteiger charge is -2.40. The SMILES string of the molecule is CCCCCCN(C(=O)[C@@H](NC(=O)[C@H]1CCCCN1C)[C@@H](C)CC)[C@H](C[C@@H](OC(=O)NCCNC(=O)OC(C)(C)C)c1nc(C(=O)OCC)cs1)C(C)C. The van der Waals surface area contributed by atoms with Gasteiger partial charge in [0.15, 0.2) is 11.8 Å². The van der Waals surface area contributed by atoms with E-state index in [1.54, 1.807) is 33.1 Å². The number of carbonyl (C=O) groups excluding carboxylic acids is 5. The fourth-order valence-corrected chi connectivity index (χ4v) is 7.22. The van der Waals surface area contributed by atoms with Crippen molar-refractivity contribution in [2.75, 3.05) is 39.8 Å². The minimum absolute atomic E-state index is 0.0683. The van der Waals surface area contributed by atoms with Crippen LogP contribution in [0.5, 0.6) is 0 Å². The largest absolute Gasteiger partial charge is 0.461 e. The van der Waals surface area contributed by atoms with Crippen LogP contribution in [-0.4, -0.2) is 108 Å². The number of nitrogens with one attached hydrogen (secondary N) is 3. The van der Waals surface area contributed by atoms with Crippen LogP contribution >= 0.6 is 11.3 Å². The van der Waals surface area contributed by atoms with Gasteiger partial charge in [0.2, 0.25) is 11.8 Å². The lowest BCUT2D eigenvalue weighted by Crippen LogP contribution is -2.59. The second-order valence-electron chi connectivity index (χ2n) is 15.5. The summed E-state index contributed by atoms with van der Waals surface area (Å²) >= 11 is 1.17. The number of likely N-dealkylation sites (N-methyl/N-ethyl adjacent to an activating group) is 1. The second kappa shape index (κ2) is 23.5. The summed E-state index contributed by atoms with van der Waals surface area (Å²) in [6, 6.07) is -1.44. The predicted molar refractivity (Wildman–Crippen MR) is 210 cm³/mol. The molecule has 308 valence electrons. The molecule has 2 heterocycles. The Kier molecular flexibility index (Phi) is 20.3. The van der Waals surface area contributed by atoms with Crippen molar-refractivity contribution in [1.29, 1.82) is 0 Å². The minimum atomic E-state index is -0.928. The number of thiazole rings is 1. The summed E-state index contributed by atoms with van der Waals surface area (Å²) in [5, 5.41) is 10.4. The number of unbranched alkanes of at least 4 members (excludes halogenated alkanes) is 3. The van der Waals surface area contributed by atoms with Crippen molar-refractivity contribution in [3.63, 3.8) is 0 Å². The van der Waals surface area contributed by atoms with E-state index >= 15 is 0 Å². The highest BCUT2D eigenvalue weighted by molar-refractivity contribution is 7.09. The van der Waals surface area contributed by atoms with Gasteiger partial charge in [-0.1, -0.05) is 66.7 Å². The summed E-state index contributed by atoms with van der Waals surface area (Å²) in [5.74, 6) is -1.07. The normalized spacial score (nSPS) is 17.1. The van der Waals surface area contributed by atoms with Gasteiger partial charge in [0, 0.05) is 37.5 Å². The molecule has 1 aliphatic heterocycles. The summed E-state index contributed by atoms with van der Waals surface area (Å²) in [7, 11) is 1.96. The van der Waals surface area contributed by atoms with Crippen molar-refractivity contribution >= 4 is 41.3 Å². The van der Waals surface area contributed by atoms with E-state index in [-0.39, 0.29) is 61.5 Å². The maximum Gasteiger partial charge on any atom is 0.407 e. The van der Waals surface area contributed by atoms with Crippen molar-refractivity contribution < 1.29 is 38.2 Å².